The maximum atomic E-state index is 11.2. The van der Waals surface area contributed by atoms with Gasteiger partial charge in [0.05, 0.1) is 0 Å². The summed E-state index contributed by atoms with van der Waals surface area (Å²) in [7, 11) is 0. The Hall–Kier alpha value is -2.09. The summed E-state index contributed by atoms with van der Waals surface area (Å²) >= 11 is 0. The molecule has 0 fully saturated rings. The lowest BCUT2D eigenvalue weighted by molar-refractivity contribution is -0.120. The van der Waals surface area contributed by atoms with Gasteiger partial charge in [0.2, 0.25) is 0 Å². The van der Waals surface area contributed by atoms with E-state index in [2.05, 4.69) is 12.1 Å². The molecule has 0 atom stereocenters. The zero-order valence-electron chi connectivity index (χ0n) is 11.1. The summed E-state index contributed by atoms with van der Waals surface area (Å²) in [6, 6.07) is 18.3. The molecule has 19 heavy (non-hydrogen) atoms. The number of rotatable bonds is 6. The summed E-state index contributed by atoms with van der Waals surface area (Å²) in [6.07, 6.45) is 1.43. The van der Waals surface area contributed by atoms with Crippen LogP contribution in [0.5, 0.6) is 5.75 Å². The van der Waals surface area contributed by atoms with E-state index in [1.54, 1.807) is 0 Å². The lowest BCUT2D eigenvalue weighted by Crippen LogP contribution is -2.09. The van der Waals surface area contributed by atoms with Gasteiger partial charge < -0.3 is 4.74 Å². The number of carbonyl (C=O) groups excluding carboxylic acids is 1. The zero-order chi connectivity index (χ0) is 13.5. The molecule has 2 rings (SSSR count). The Balaban J connectivity index is 1.93. The molecule has 2 heteroatoms. The second kappa shape index (κ2) is 6.74. The Labute approximate surface area is 114 Å². The average Bonchev–Trinajstić information content (AvgIpc) is 2.47. The first-order chi connectivity index (χ1) is 9.28. The highest BCUT2D eigenvalue weighted by molar-refractivity contribution is 5.79. The number of ketones is 1. The van der Waals surface area contributed by atoms with Crippen molar-refractivity contribution in [1.82, 2.24) is 0 Å². The summed E-state index contributed by atoms with van der Waals surface area (Å²) in [5, 5.41) is 0. The van der Waals surface area contributed by atoms with Crippen molar-refractivity contribution in [3.8, 4) is 5.75 Å². The van der Waals surface area contributed by atoms with E-state index in [4.69, 9.17) is 4.74 Å². The van der Waals surface area contributed by atoms with Gasteiger partial charge in [-0.25, -0.2) is 0 Å². The van der Waals surface area contributed by atoms with E-state index in [0.29, 0.717) is 6.42 Å². The molecule has 0 saturated carbocycles. The third-order valence-electron chi connectivity index (χ3n) is 2.97. The van der Waals surface area contributed by atoms with Crippen molar-refractivity contribution in [3.05, 3.63) is 65.7 Å². The predicted octanol–water partition coefficient (Wildman–Crippen LogP) is 3.64. The van der Waals surface area contributed by atoms with Crippen LogP contribution >= 0.6 is 0 Å². The predicted molar refractivity (Wildman–Crippen MR) is 76.5 cm³/mol. The van der Waals surface area contributed by atoms with E-state index < -0.39 is 0 Å². The van der Waals surface area contributed by atoms with Gasteiger partial charge in [-0.15, -0.1) is 0 Å². The van der Waals surface area contributed by atoms with Gasteiger partial charge in [-0.1, -0.05) is 49.4 Å². The third-order valence-corrected chi connectivity index (χ3v) is 2.97. The Bertz CT molecular complexity index is 515. The van der Waals surface area contributed by atoms with Crippen molar-refractivity contribution < 1.29 is 9.53 Å². The Morgan fingerprint density at radius 2 is 1.58 bits per heavy atom. The molecule has 0 saturated heterocycles. The van der Waals surface area contributed by atoms with Crippen LogP contribution in [-0.2, 0) is 11.2 Å². The van der Waals surface area contributed by atoms with Crippen molar-refractivity contribution in [2.75, 3.05) is 6.61 Å². The van der Waals surface area contributed by atoms with E-state index in [0.717, 1.165) is 12.2 Å². The molecule has 0 aromatic heterocycles. The van der Waals surface area contributed by atoms with E-state index >= 15 is 0 Å². The van der Waals surface area contributed by atoms with Crippen molar-refractivity contribution in [2.24, 2.45) is 0 Å². The number of carbonyl (C=O) groups is 1. The zero-order valence-corrected chi connectivity index (χ0v) is 11.1. The molecule has 0 aliphatic heterocycles. The first-order valence-corrected chi connectivity index (χ1v) is 6.55. The molecule has 0 spiro atoms. The van der Waals surface area contributed by atoms with Gasteiger partial charge in [0, 0.05) is 6.42 Å². The lowest BCUT2D eigenvalue weighted by atomic mass is 10.1. The number of Topliss-reactive ketones (excluding diaryl/α,β-unsaturated/α-hetero) is 1. The maximum absolute atomic E-state index is 11.2. The van der Waals surface area contributed by atoms with Crippen LogP contribution in [0, 0.1) is 0 Å². The fraction of sp³-hybridized carbons (Fsp3) is 0.235. The number of benzene rings is 2. The van der Waals surface area contributed by atoms with Crippen molar-refractivity contribution in [3.63, 3.8) is 0 Å². The van der Waals surface area contributed by atoms with Gasteiger partial charge in [0.1, 0.15) is 12.4 Å². The number of hydrogen-bond donors (Lipinski definition) is 0. The van der Waals surface area contributed by atoms with Gasteiger partial charge in [0.15, 0.2) is 5.78 Å². The summed E-state index contributed by atoms with van der Waals surface area (Å²) < 4.78 is 5.41. The lowest BCUT2D eigenvalue weighted by Gasteiger charge is -2.06. The molecule has 0 aliphatic rings. The van der Waals surface area contributed by atoms with Crippen LogP contribution in [-0.4, -0.2) is 12.4 Å². The average molecular weight is 254 g/mol. The number of hydrogen-bond acceptors (Lipinski definition) is 2. The summed E-state index contributed by atoms with van der Waals surface area (Å²) in [4.78, 5) is 11.2. The Kier molecular flexibility index (Phi) is 4.73. The summed E-state index contributed by atoms with van der Waals surface area (Å²) in [5.41, 5.74) is 2.53. The van der Waals surface area contributed by atoms with Crippen LogP contribution in [0.1, 0.15) is 24.5 Å². The summed E-state index contributed by atoms with van der Waals surface area (Å²) in [6.45, 7) is 2.00. The van der Waals surface area contributed by atoms with Crippen LogP contribution in [0.3, 0.4) is 0 Å². The molecule has 0 amide bonds. The molecule has 0 radical (unpaired) electrons. The molecular formula is C17H18O2. The van der Waals surface area contributed by atoms with E-state index in [1.807, 2.05) is 49.4 Å². The maximum Gasteiger partial charge on any atom is 0.169 e. The monoisotopic (exact) mass is 254 g/mol. The first kappa shape index (κ1) is 13.3. The molecule has 2 nitrogen and oxygen atoms in total. The smallest absolute Gasteiger partial charge is 0.169 e. The number of ether oxygens (including phenoxy) is 1. The molecular weight excluding hydrogens is 236 g/mol. The second-order valence-electron chi connectivity index (χ2n) is 4.49. The van der Waals surface area contributed by atoms with E-state index in [9.17, 15) is 4.79 Å². The van der Waals surface area contributed by atoms with Crippen LogP contribution in [0.4, 0.5) is 0 Å². The molecule has 0 heterocycles. The second-order valence-corrected chi connectivity index (χ2v) is 4.49. The van der Waals surface area contributed by atoms with Crippen LogP contribution < -0.4 is 4.74 Å². The minimum Gasteiger partial charge on any atom is -0.486 e. The fourth-order valence-corrected chi connectivity index (χ4v) is 1.80. The molecule has 0 unspecified atom stereocenters. The van der Waals surface area contributed by atoms with Gasteiger partial charge in [-0.3, -0.25) is 4.79 Å². The summed E-state index contributed by atoms with van der Waals surface area (Å²) in [5.74, 6) is 0.868. The van der Waals surface area contributed by atoms with Gasteiger partial charge in [-0.2, -0.15) is 0 Å². The first-order valence-electron chi connectivity index (χ1n) is 6.55. The molecule has 0 N–H and O–H groups in total. The minimum atomic E-state index is 0.119. The largest absolute Gasteiger partial charge is 0.486 e. The van der Waals surface area contributed by atoms with Gasteiger partial charge >= 0.3 is 0 Å². The molecule has 2 aromatic rings. The van der Waals surface area contributed by atoms with E-state index in [-0.39, 0.29) is 12.4 Å². The van der Waals surface area contributed by atoms with Gasteiger partial charge in [0.25, 0.3) is 0 Å². The standard InChI is InChI=1S/C17H18O2/c1-2-16(18)13-19-17-10-8-15(9-11-17)12-14-6-4-3-5-7-14/h3-11H,2,12-13H2,1H3. The van der Waals surface area contributed by atoms with E-state index in [1.165, 1.54) is 11.1 Å². The van der Waals surface area contributed by atoms with Crippen molar-refractivity contribution >= 4 is 5.78 Å². The Morgan fingerprint density at radius 3 is 2.21 bits per heavy atom. The molecule has 0 aliphatic carbocycles. The fourth-order valence-electron chi connectivity index (χ4n) is 1.80. The SMILES string of the molecule is CCC(=O)COc1ccc(Cc2ccccc2)cc1. The van der Waals surface area contributed by atoms with Crippen LogP contribution in [0.25, 0.3) is 0 Å². The minimum absolute atomic E-state index is 0.119. The third kappa shape index (κ3) is 4.25. The topological polar surface area (TPSA) is 26.3 Å². The molecule has 2 aromatic carbocycles. The molecule has 98 valence electrons. The Morgan fingerprint density at radius 1 is 0.947 bits per heavy atom. The molecule has 0 bridgehead atoms. The highest BCUT2D eigenvalue weighted by atomic mass is 16.5. The highest BCUT2D eigenvalue weighted by Crippen LogP contribution is 2.15. The van der Waals surface area contributed by atoms with Crippen molar-refractivity contribution in [2.45, 2.75) is 19.8 Å². The normalized spacial score (nSPS) is 10.2. The van der Waals surface area contributed by atoms with Crippen LogP contribution in [0.2, 0.25) is 0 Å². The quantitative estimate of drug-likeness (QED) is 0.786. The van der Waals surface area contributed by atoms with Crippen LogP contribution in [0.15, 0.2) is 54.6 Å². The van der Waals surface area contributed by atoms with Crippen molar-refractivity contribution in [1.29, 1.82) is 0 Å². The van der Waals surface area contributed by atoms with Gasteiger partial charge in [-0.05, 0) is 29.7 Å². The highest BCUT2D eigenvalue weighted by Gasteiger charge is 2.01.